The first-order chi connectivity index (χ1) is 14.7. The number of hydrogen-bond donors (Lipinski definition) is 2. The zero-order chi connectivity index (χ0) is 21.2. The van der Waals surface area contributed by atoms with Gasteiger partial charge in [0, 0.05) is 38.2 Å². The molecule has 0 aromatic heterocycles. The lowest BCUT2D eigenvalue weighted by Crippen LogP contribution is -2.40. The first-order valence-corrected chi connectivity index (χ1v) is 10.7. The fourth-order valence-corrected chi connectivity index (χ4v) is 3.58. The van der Waals surface area contributed by atoms with Crippen molar-refractivity contribution >= 4 is 11.9 Å². The van der Waals surface area contributed by atoms with Crippen LogP contribution < -0.4 is 10.6 Å². The molecule has 1 fully saturated rings. The lowest BCUT2D eigenvalue weighted by molar-refractivity contribution is 0.0906. The standard InChI is InChI=1S/C24H32N4O2/c1-3-26-24(27-15-19-9-11-22(12-10-19)23(29)25-2)28-14-13-21(16-28)18-30-17-20-7-5-4-6-8-20/h4-12,21H,3,13-18H2,1-2H3,(H,25,29)(H,26,27). The maximum atomic E-state index is 11.7. The second-order valence-corrected chi connectivity index (χ2v) is 7.55. The van der Waals surface area contributed by atoms with E-state index < -0.39 is 0 Å². The van der Waals surface area contributed by atoms with E-state index in [1.807, 2.05) is 42.5 Å². The molecule has 3 rings (SSSR count). The van der Waals surface area contributed by atoms with E-state index in [0.29, 0.717) is 24.6 Å². The number of carbonyl (C=O) groups is 1. The molecule has 0 saturated carbocycles. The number of rotatable bonds is 8. The maximum absolute atomic E-state index is 11.7. The van der Waals surface area contributed by atoms with Crippen LogP contribution in [-0.4, -0.2) is 50.1 Å². The van der Waals surface area contributed by atoms with E-state index in [4.69, 9.17) is 9.73 Å². The molecule has 1 aliphatic heterocycles. The largest absolute Gasteiger partial charge is 0.376 e. The summed E-state index contributed by atoms with van der Waals surface area (Å²) in [7, 11) is 1.64. The Morgan fingerprint density at radius 3 is 2.60 bits per heavy atom. The van der Waals surface area contributed by atoms with Crippen LogP contribution in [0.5, 0.6) is 0 Å². The number of benzene rings is 2. The number of ether oxygens (including phenoxy) is 1. The number of amides is 1. The molecular formula is C24H32N4O2. The van der Waals surface area contributed by atoms with E-state index >= 15 is 0 Å². The Hall–Kier alpha value is -2.86. The third kappa shape index (κ3) is 6.32. The molecular weight excluding hydrogens is 376 g/mol. The van der Waals surface area contributed by atoms with E-state index in [9.17, 15) is 4.79 Å². The summed E-state index contributed by atoms with van der Waals surface area (Å²) in [5, 5.41) is 6.05. The third-order valence-corrected chi connectivity index (χ3v) is 5.24. The van der Waals surface area contributed by atoms with Crippen molar-refractivity contribution in [2.45, 2.75) is 26.5 Å². The summed E-state index contributed by atoms with van der Waals surface area (Å²) >= 11 is 0. The Balaban J connectivity index is 1.51. The zero-order valence-corrected chi connectivity index (χ0v) is 17.9. The summed E-state index contributed by atoms with van der Waals surface area (Å²) in [6.45, 7) is 6.88. The molecule has 2 N–H and O–H groups in total. The molecule has 160 valence electrons. The van der Waals surface area contributed by atoms with Gasteiger partial charge in [-0.05, 0) is 36.6 Å². The maximum Gasteiger partial charge on any atom is 0.251 e. The Labute approximate surface area is 179 Å². The molecule has 1 aliphatic rings. The number of guanidine groups is 1. The summed E-state index contributed by atoms with van der Waals surface area (Å²) < 4.78 is 5.94. The van der Waals surface area contributed by atoms with Gasteiger partial charge < -0.3 is 20.3 Å². The van der Waals surface area contributed by atoms with E-state index in [1.54, 1.807) is 7.05 Å². The van der Waals surface area contributed by atoms with Crippen LogP contribution in [0.2, 0.25) is 0 Å². The van der Waals surface area contributed by atoms with Crippen LogP contribution in [0.4, 0.5) is 0 Å². The summed E-state index contributed by atoms with van der Waals surface area (Å²) in [6.07, 6.45) is 1.11. The smallest absolute Gasteiger partial charge is 0.251 e. The average Bonchev–Trinajstić information content (AvgIpc) is 3.26. The number of aliphatic imine (C=N–C) groups is 1. The molecule has 1 saturated heterocycles. The first-order valence-electron chi connectivity index (χ1n) is 10.7. The van der Waals surface area contributed by atoms with Crippen LogP contribution in [0.15, 0.2) is 59.6 Å². The summed E-state index contributed by atoms with van der Waals surface area (Å²) in [5.41, 5.74) is 2.96. The van der Waals surface area contributed by atoms with Gasteiger partial charge in [-0.25, -0.2) is 4.99 Å². The zero-order valence-electron chi connectivity index (χ0n) is 17.9. The van der Waals surface area contributed by atoms with Gasteiger partial charge >= 0.3 is 0 Å². The molecule has 1 unspecified atom stereocenters. The summed E-state index contributed by atoms with van der Waals surface area (Å²) in [6, 6.07) is 17.9. The lowest BCUT2D eigenvalue weighted by Gasteiger charge is -2.21. The normalized spacial score (nSPS) is 16.5. The van der Waals surface area contributed by atoms with E-state index in [-0.39, 0.29) is 5.91 Å². The van der Waals surface area contributed by atoms with Crippen LogP contribution in [0, 0.1) is 5.92 Å². The van der Waals surface area contributed by atoms with Crippen LogP contribution >= 0.6 is 0 Å². The van der Waals surface area contributed by atoms with E-state index in [1.165, 1.54) is 5.56 Å². The van der Waals surface area contributed by atoms with Crippen molar-refractivity contribution < 1.29 is 9.53 Å². The van der Waals surface area contributed by atoms with Crippen LogP contribution in [-0.2, 0) is 17.9 Å². The molecule has 2 aromatic carbocycles. The first kappa shape index (κ1) is 21.8. The Morgan fingerprint density at radius 1 is 1.13 bits per heavy atom. The van der Waals surface area contributed by atoms with Gasteiger partial charge in [-0.15, -0.1) is 0 Å². The SMILES string of the molecule is CCNC(=NCc1ccc(C(=O)NC)cc1)N1CCC(COCc2ccccc2)C1. The highest BCUT2D eigenvalue weighted by Crippen LogP contribution is 2.18. The highest BCUT2D eigenvalue weighted by Gasteiger charge is 2.25. The third-order valence-electron chi connectivity index (χ3n) is 5.24. The second kappa shape index (κ2) is 11.4. The van der Waals surface area contributed by atoms with Crippen molar-refractivity contribution in [1.82, 2.24) is 15.5 Å². The number of likely N-dealkylation sites (tertiary alicyclic amines) is 1. The minimum absolute atomic E-state index is 0.0732. The Morgan fingerprint density at radius 2 is 1.90 bits per heavy atom. The topological polar surface area (TPSA) is 66.0 Å². The predicted octanol–water partition coefficient (Wildman–Crippen LogP) is 3.05. The monoisotopic (exact) mass is 408 g/mol. The van der Waals surface area contributed by atoms with Gasteiger partial charge in [0.1, 0.15) is 0 Å². The molecule has 2 aromatic rings. The highest BCUT2D eigenvalue weighted by atomic mass is 16.5. The second-order valence-electron chi connectivity index (χ2n) is 7.55. The Bertz CT molecular complexity index is 821. The fraction of sp³-hybridized carbons (Fsp3) is 0.417. The molecule has 1 heterocycles. The number of carbonyl (C=O) groups excluding carboxylic acids is 1. The summed E-state index contributed by atoms with van der Waals surface area (Å²) in [4.78, 5) is 18.8. The minimum atomic E-state index is -0.0732. The van der Waals surface area contributed by atoms with Gasteiger partial charge in [0.05, 0.1) is 19.8 Å². The van der Waals surface area contributed by atoms with Gasteiger partial charge in [-0.1, -0.05) is 42.5 Å². The summed E-state index contributed by atoms with van der Waals surface area (Å²) in [5.74, 6) is 1.39. The van der Waals surface area contributed by atoms with Crippen LogP contribution in [0.1, 0.15) is 34.8 Å². The highest BCUT2D eigenvalue weighted by molar-refractivity contribution is 5.93. The molecule has 0 aliphatic carbocycles. The van der Waals surface area contributed by atoms with Crippen molar-refractivity contribution in [3.8, 4) is 0 Å². The van der Waals surface area contributed by atoms with Gasteiger partial charge in [-0.2, -0.15) is 0 Å². The van der Waals surface area contributed by atoms with Gasteiger partial charge in [0.25, 0.3) is 5.91 Å². The molecule has 0 spiro atoms. The van der Waals surface area contributed by atoms with Gasteiger partial charge in [-0.3, -0.25) is 4.79 Å². The molecule has 0 bridgehead atoms. The van der Waals surface area contributed by atoms with Crippen LogP contribution in [0.3, 0.4) is 0 Å². The molecule has 6 nitrogen and oxygen atoms in total. The van der Waals surface area contributed by atoms with Crippen molar-refractivity contribution in [3.05, 3.63) is 71.3 Å². The lowest BCUT2D eigenvalue weighted by atomic mass is 10.1. The number of hydrogen-bond acceptors (Lipinski definition) is 3. The van der Waals surface area contributed by atoms with E-state index in [2.05, 4.69) is 34.6 Å². The number of nitrogens with one attached hydrogen (secondary N) is 2. The molecule has 30 heavy (non-hydrogen) atoms. The minimum Gasteiger partial charge on any atom is -0.376 e. The van der Waals surface area contributed by atoms with Gasteiger partial charge in [0.15, 0.2) is 5.96 Å². The predicted molar refractivity (Wildman–Crippen MR) is 120 cm³/mol. The number of nitrogens with zero attached hydrogens (tertiary/aromatic N) is 2. The van der Waals surface area contributed by atoms with Crippen molar-refractivity contribution in [2.75, 3.05) is 33.3 Å². The molecule has 1 atom stereocenters. The molecule has 6 heteroatoms. The van der Waals surface area contributed by atoms with Crippen molar-refractivity contribution in [2.24, 2.45) is 10.9 Å². The molecule has 1 amide bonds. The fourth-order valence-electron chi connectivity index (χ4n) is 3.58. The van der Waals surface area contributed by atoms with Gasteiger partial charge in [0.2, 0.25) is 0 Å². The van der Waals surface area contributed by atoms with Crippen molar-refractivity contribution in [1.29, 1.82) is 0 Å². The quantitative estimate of drug-likeness (QED) is 0.520. The average molecular weight is 409 g/mol. The van der Waals surface area contributed by atoms with Crippen molar-refractivity contribution in [3.63, 3.8) is 0 Å². The molecule has 0 radical (unpaired) electrons. The van der Waals surface area contributed by atoms with E-state index in [0.717, 1.165) is 44.2 Å². The Kier molecular flexibility index (Phi) is 8.27. The van der Waals surface area contributed by atoms with Crippen LogP contribution in [0.25, 0.3) is 0 Å².